The third kappa shape index (κ3) is 1.69. The minimum Gasteiger partial charge on any atom is -0.329 e. The van der Waals surface area contributed by atoms with E-state index in [0.29, 0.717) is 6.54 Å². The first-order valence-corrected chi connectivity index (χ1v) is 5.70. The molecule has 1 N–H and O–H groups in total. The van der Waals surface area contributed by atoms with Crippen LogP contribution in [0.5, 0.6) is 0 Å². The van der Waals surface area contributed by atoms with Gasteiger partial charge in [-0.1, -0.05) is 30.3 Å². The second-order valence-electron chi connectivity index (χ2n) is 4.23. The van der Waals surface area contributed by atoms with Crippen LogP contribution in [0.2, 0.25) is 0 Å². The van der Waals surface area contributed by atoms with E-state index in [1.165, 1.54) is 5.56 Å². The molecule has 0 amide bonds. The second-order valence-corrected chi connectivity index (χ2v) is 4.23. The number of hydrogen-bond acceptors (Lipinski definition) is 3. The van der Waals surface area contributed by atoms with Gasteiger partial charge in [0.25, 0.3) is 0 Å². The average molecular weight is 239 g/mol. The molecule has 0 radical (unpaired) electrons. The summed E-state index contributed by atoms with van der Waals surface area (Å²) >= 11 is 0. The number of aryl methyl sites for hydroxylation is 1. The minimum atomic E-state index is 0.259. The molecular weight excluding hydrogens is 226 g/mol. The summed E-state index contributed by atoms with van der Waals surface area (Å²) in [6.45, 7) is 0.710. The van der Waals surface area contributed by atoms with Crippen molar-refractivity contribution in [1.82, 2.24) is 19.1 Å². The molecule has 0 spiro atoms. The number of hydrogen-bond donors (Lipinski definition) is 1. The summed E-state index contributed by atoms with van der Waals surface area (Å²) in [5, 5.41) is 7.81. The van der Waals surface area contributed by atoms with Gasteiger partial charge in [0, 0.05) is 7.05 Å². The lowest BCUT2D eigenvalue weighted by molar-refractivity contribution is 0.782. The van der Waals surface area contributed by atoms with Gasteiger partial charge in [-0.05, 0) is 5.56 Å². The van der Waals surface area contributed by atoms with Crippen molar-refractivity contribution in [3.05, 3.63) is 54.0 Å². The number of fused-ring (bicyclic) bond motifs is 1. The number of benzene rings is 1. The van der Waals surface area contributed by atoms with Crippen LogP contribution in [0.4, 0.5) is 0 Å². The van der Waals surface area contributed by atoms with E-state index in [-0.39, 0.29) is 5.49 Å². The molecule has 2 aromatic heterocycles. The highest BCUT2D eigenvalue weighted by Gasteiger charge is 2.07. The Morgan fingerprint density at radius 3 is 2.67 bits per heavy atom. The number of imidazole rings is 1. The van der Waals surface area contributed by atoms with E-state index in [9.17, 15) is 0 Å². The average Bonchev–Trinajstić information content (AvgIpc) is 2.78. The van der Waals surface area contributed by atoms with Gasteiger partial charge in [-0.25, -0.2) is 9.97 Å². The summed E-state index contributed by atoms with van der Waals surface area (Å²) in [6.07, 6.45) is 3.39. The number of nitrogens with one attached hydrogen (secondary N) is 1. The SMILES string of the molecule is Cn1cnc2c1c(=N)ncn2Cc1ccccc1. The number of nitrogens with zero attached hydrogens (tertiary/aromatic N) is 4. The first-order valence-electron chi connectivity index (χ1n) is 5.70. The fourth-order valence-electron chi connectivity index (χ4n) is 2.04. The quantitative estimate of drug-likeness (QED) is 0.732. The molecule has 5 nitrogen and oxygen atoms in total. The first kappa shape index (κ1) is 10.7. The maximum Gasteiger partial charge on any atom is 0.174 e. The predicted molar refractivity (Wildman–Crippen MR) is 67.9 cm³/mol. The highest BCUT2D eigenvalue weighted by atomic mass is 15.1. The Hall–Kier alpha value is -2.43. The van der Waals surface area contributed by atoms with E-state index >= 15 is 0 Å². The molecule has 0 saturated carbocycles. The molecule has 0 fully saturated rings. The van der Waals surface area contributed by atoms with Gasteiger partial charge in [0.05, 0.1) is 19.2 Å². The van der Waals surface area contributed by atoms with Crippen LogP contribution in [0.25, 0.3) is 11.2 Å². The Morgan fingerprint density at radius 2 is 1.89 bits per heavy atom. The minimum absolute atomic E-state index is 0.259. The lowest BCUT2D eigenvalue weighted by atomic mass is 10.2. The zero-order valence-corrected chi connectivity index (χ0v) is 10.0. The van der Waals surface area contributed by atoms with Gasteiger partial charge in [-0.15, -0.1) is 0 Å². The van der Waals surface area contributed by atoms with E-state index in [0.717, 1.165) is 11.2 Å². The van der Waals surface area contributed by atoms with E-state index in [1.54, 1.807) is 12.7 Å². The molecule has 2 heterocycles. The lowest BCUT2D eigenvalue weighted by Crippen LogP contribution is -2.14. The summed E-state index contributed by atoms with van der Waals surface area (Å²) in [6, 6.07) is 10.2. The third-order valence-corrected chi connectivity index (χ3v) is 2.94. The maximum atomic E-state index is 7.81. The molecule has 0 aliphatic carbocycles. The van der Waals surface area contributed by atoms with Crippen molar-refractivity contribution in [3.63, 3.8) is 0 Å². The first-order chi connectivity index (χ1) is 8.75. The van der Waals surface area contributed by atoms with Crippen molar-refractivity contribution >= 4 is 11.2 Å². The van der Waals surface area contributed by atoms with Crippen LogP contribution in [0.15, 0.2) is 43.0 Å². The lowest BCUT2D eigenvalue weighted by Gasteiger charge is -2.07. The van der Waals surface area contributed by atoms with Crippen LogP contribution in [-0.2, 0) is 13.6 Å². The van der Waals surface area contributed by atoms with Crippen LogP contribution in [0.3, 0.4) is 0 Å². The van der Waals surface area contributed by atoms with Crippen molar-refractivity contribution < 1.29 is 0 Å². The molecular formula is C13H13N5. The zero-order chi connectivity index (χ0) is 12.5. The molecule has 0 aliphatic heterocycles. The van der Waals surface area contributed by atoms with Crippen molar-refractivity contribution in [2.75, 3.05) is 0 Å². The van der Waals surface area contributed by atoms with E-state index < -0.39 is 0 Å². The highest BCUT2D eigenvalue weighted by molar-refractivity contribution is 5.69. The highest BCUT2D eigenvalue weighted by Crippen LogP contribution is 2.09. The van der Waals surface area contributed by atoms with E-state index in [2.05, 4.69) is 22.1 Å². The Morgan fingerprint density at radius 1 is 1.11 bits per heavy atom. The molecule has 90 valence electrons. The molecule has 0 aliphatic rings. The van der Waals surface area contributed by atoms with Gasteiger partial charge >= 0.3 is 0 Å². The molecule has 0 saturated heterocycles. The monoisotopic (exact) mass is 239 g/mol. The van der Waals surface area contributed by atoms with Gasteiger partial charge in [0.15, 0.2) is 11.1 Å². The van der Waals surface area contributed by atoms with Crippen LogP contribution >= 0.6 is 0 Å². The predicted octanol–water partition coefficient (Wildman–Crippen LogP) is 1.30. The molecule has 5 heteroatoms. The molecule has 1 aromatic carbocycles. The van der Waals surface area contributed by atoms with E-state index in [4.69, 9.17) is 5.41 Å². The fraction of sp³-hybridized carbons (Fsp3) is 0.154. The Balaban J connectivity index is 2.14. The molecule has 0 unspecified atom stereocenters. The Kier molecular flexibility index (Phi) is 2.44. The van der Waals surface area contributed by atoms with Crippen LogP contribution in [0, 0.1) is 5.41 Å². The van der Waals surface area contributed by atoms with E-state index in [1.807, 2.05) is 34.4 Å². The summed E-state index contributed by atoms with van der Waals surface area (Å²) in [5.74, 6) is 0. The van der Waals surface area contributed by atoms with Gasteiger partial charge in [0.1, 0.15) is 5.52 Å². The summed E-state index contributed by atoms with van der Waals surface area (Å²) in [7, 11) is 1.88. The largest absolute Gasteiger partial charge is 0.329 e. The third-order valence-electron chi connectivity index (χ3n) is 2.94. The topological polar surface area (TPSA) is 59.5 Å². The van der Waals surface area contributed by atoms with Crippen molar-refractivity contribution in [3.8, 4) is 0 Å². The molecule has 0 bridgehead atoms. The standard InChI is InChI=1S/C13H13N5/c1-17-8-16-13-11(17)12(14)15-9-18(13)7-10-5-3-2-4-6-10/h2-6,8-9,14H,7H2,1H3. The molecule has 3 rings (SSSR count). The van der Waals surface area contributed by atoms with Crippen LogP contribution < -0.4 is 5.49 Å². The fourth-order valence-corrected chi connectivity index (χ4v) is 2.04. The molecule has 0 atom stereocenters. The second kappa shape index (κ2) is 4.10. The Bertz CT molecular complexity index is 739. The van der Waals surface area contributed by atoms with Crippen LogP contribution in [-0.4, -0.2) is 19.1 Å². The van der Waals surface area contributed by atoms with Crippen molar-refractivity contribution in [2.45, 2.75) is 6.54 Å². The zero-order valence-electron chi connectivity index (χ0n) is 10.0. The molecule has 3 aromatic rings. The molecule has 18 heavy (non-hydrogen) atoms. The van der Waals surface area contributed by atoms with Crippen molar-refractivity contribution in [2.24, 2.45) is 7.05 Å². The maximum absolute atomic E-state index is 7.81. The van der Waals surface area contributed by atoms with Crippen molar-refractivity contribution in [1.29, 1.82) is 5.41 Å². The summed E-state index contributed by atoms with van der Waals surface area (Å²) < 4.78 is 3.79. The number of rotatable bonds is 2. The normalized spacial score (nSPS) is 10.9. The van der Waals surface area contributed by atoms with Gasteiger partial charge in [-0.2, -0.15) is 0 Å². The number of aromatic nitrogens is 4. The Labute approximate surface area is 104 Å². The summed E-state index contributed by atoms with van der Waals surface area (Å²) in [4.78, 5) is 8.45. The smallest absolute Gasteiger partial charge is 0.174 e. The summed E-state index contributed by atoms with van der Waals surface area (Å²) in [5.41, 5.74) is 3.00. The van der Waals surface area contributed by atoms with Gasteiger partial charge in [0.2, 0.25) is 0 Å². The van der Waals surface area contributed by atoms with Crippen LogP contribution in [0.1, 0.15) is 5.56 Å². The van der Waals surface area contributed by atoms with Gasteiger partial charge < -0.3 is 9.13 Å². The van der Waals surface area contributed by atoms with Gasteiger partial charge in [-0.3, -0.25) is 5.41 Å².